The Morgan fingerprint density at radius 1 is 0.814 bits per heavy atom. The van der Waals surface area contributed by atoms with Crippen molar-refractivity contribution in [3.05, 3.63) is 76.3 Å². The zero-order valence-electron chi connectivity index (χ0n) is 25.0. The Morgan fingerprint density at radius 3 is 2.28 bits per heavy atom. The fraction of sp³-hybridized carbons (Fsp3) is 0.500. The maximum absolute atomic E-state index is 14.4. The van der Waals surface area contributed by atoms with E-state index in [0.29, 0.717) is 24.5 Å². The summed E-state index contributed by atoms with van der Waals surface area (Å²) < 4.78 is 9.53. The highest BCUT2D eigenvalue weighted by Crippen LogP contribution is 2.34. The third-order valence-electron chi connectivity index (χ3n) is 9.08. The number of carbonyl (C=O) groups is 2. The summed E-state index contributed by atoms with van der Waals surface area (Å²) in [5.74, 6) is 0.481. The minimum atomic E-state index is -0.143. The number of imidazole rings is 1. The van der Waals surface area contributed by atoms with Gasteiger partial charge >= 0.3 is 5.69 Å². The van der Waals surface area contributed by atoms with E-state index in [9.17, 15) is 14.4 Å². The maximum atomic E-state index is 14.4. The van der Waals surface area contributed by atoms with Gasteiger partial charge in [0.05, 0.1) is 12.2 Å². The number of likely N-dealkylation sites (tertiary alicyclic amines) is 1. The first-order valence-corrected chi connectivity index (χ1v) is 16.0. The van der Waals surface area contributed by atoms with Gasteiger partial charge in [-0.15, -0.1) is 0 Å². The first kappa shape index (κ1) is 29.2. The molecule has 0 unspecified atom stereocenters. The molecule has 43 heavy (non-hydrogen) atoms. The molecule has 3 heterocycles. The highest BCUT2D eigenvalue weighted by Gasteiger charge is 2.33. The second-order valence-corrected chi connectivity index (χ2v) is 12.0. The predicted molar refractivity (Wildman–Crippen MR) is 166 cm³/mol. The van der Waals surface area contributed by atoms with E-state index in [2.05, 4.69) is 5.32 Å². The average Bonchev–Trinajstić information content (AvgIpc) is 3.36. The Balaban J connectivity index is 1.36. The van der Waals surface area contributed by atoms with Gasteiger partial charge in [0.15, 0.2) is 6.61 Å². The van der Waals surface area contributed by atoms with E-state index in [1.165, 1.54) is 12.8 Å². The number of hydrogen-bond donors (Lipinski definition) is 1. The van der Waals surface area contributed by atoms with E-state index in [-0.39, 0.29) is 36.7 Å². The molecule has 2 aromatic carbocycles. The third kappa shape index (κ3) is 6.56. The summed E-state index contributed by atoms with van der Waals surface area (Å²) >= 11 is 0. The van der Waals surface area contributed by atoms with Crippen molar-refractivity contribution in [2.24, 2.45) is 0 Å². The van der Waals surface area contributed by atoms with Crippen molar-refractivity contribution in [3.8, 4) is 17.0 Å². The fourth-order valence-corrected chi connectivity index (χ4v) is 6.79. The van der Waals surface area contributed by atoms with Crippen LogP contribution in [0.3, 0.4) is 0 Å². The number of piperidine rings is 1. The lowest BCUT2D eigenvalue weighted by Crippen LogP contribution is -2.47. The maximum Gasteiger partial charge on any atom is 0.329 e. The van der Waals surface area contributed by atoms with Crippen molar-refractivity contribution in [3.63, 3.8) is 0 Å². The lowest BCUT2D eigenvalue weighted by molar-refractivity contribution is -0.134. The van der Waals surface area contributed by atoms with Crippen molar-refractivity contribution < 1.29 is 14.3 Å². The van der Waals surface area contributed by atoms with Gasteiger partial charge in [-0.2, -0.15) is 0 Å². The van der Waals surface area contributed by atoms with Crippen LogP contribution in [-0.2, 0) is 11.3 Å². The van der Waals surface area contributed by atoms with Crippen LogP contribution in [0.5, 0.6) is 5.75 Å². The highest BCUT2D eigenvalue weighted by atomic mass is 16.5. The second kappa shape index (κ2) is 13.6. The van der Waals surface area contributed by atoms with Gasteiger partial charge < -0.3 is 19.9 Å². The number of rotatable bonds is 8. The normalized spacial score (nSPS) is 18.0. The van der Waals surface area contributed by atoms with Crippen LogP contribution >= 0.6 is 0 Å². The highest BCUT2D eigenvalue weighted by molar-refractivity contribution is 5.99. The number of benzene rings is 2. The standard InChI is InChI=1S/C34H43N5O4/c40-30(36-19-8-3-9-20-36)25-43-29-16-10-11-26(23-29)24-38-32(33(41)37-21-17-35-18-22-37)31(27-12-4-1-5-13-27)39(34(38)42)28-14-6-2-7-15-28/h1,4-5,10-13,16,23,28,35H,2-3,6-9,14-15,17-22,24-25H2. The predicted octanol–water partition coefficient (Wildman–Crippen LogP) is 4.31. The molecule has 3 aromatic rings. The number of carbonyl (C=O) groups excluding carboxylic acids is 2. The largest absolute Gasteiger partial charge is 0.484 e. The first-order chi connectivity index (χ1) is 21.1. The van der Waals surface area contributed by atoms with Gasteiger partial charge in [-0.3, -0.25) is 18.7 Å². The van der Waals surface area contributed by atoms with Crippen LogP contribution in [0, 0.1) is 0 Å². The van der Waals surface area contributed by atoms with Gasteiger partial charge in [-0.1, -0.05) is 61.7 Å². The van der Waals surface area contributed by atoms with Crippen LogP contribution in [0.25, 0.3) is 11.3 Å². The molecule has 2 saturated heterocycles. The number of amides is 2. The summed E-state index contributed by atoms with van der Waals surface area (Å²) in [6, 6.07) is 17.5. The van der Waals surface area contributed by atoms with Gasteiger partial charge in [0.2, 0.25) is 0 Å². The Morgan fingerprint density at radius 2 is 1.53 bits per heavy atom. The molecular weight excluding hydrogens is 542 g/mol. The van der Waals surface area contributed by atoms with Crippen LogP contribution in [0.1, 0.15) is 73.5 Å². The summed E-state index contributed by atoms with van der Waals surface area (Å²) in [5, 5.41) is 3.33. The molecule has 9 nitrogen and oxygen atoms in total. The quantitative estimate of drug-likeness (QED) is 0.426. The lowest BCUT2D eigenvalue weighted by atomic mass is 9.94. The molecule has 3 aliphatic rings. The SMILES string of the molecule is O=C(COc1cccc(Cn2c(C(=O)N3CCNCC3)c(-c3ccccc3)n(C3CCCCC3)c2=O)c1)N1CCCCC1. The number of hydrogen-bond acceptors (Lipinski definition) is 5. The average molecular weight is 586 g/mol. The summed E-state index contributed by atoms with van der Waals surface area (Å²) in [7, 11) is 0. The molecule has 0 atom stereocenters. The Labute approximate surface area is 253 Å². The van der Waals surface area contributed by atoms with E-state index in [4.69, 9.17) is 4.74 Å². The van der Waals surface area contributed by atoms with Crippen molar-refractivity contribution in [1.29, 1.82) is 0 Å². The van der Waals surface area contributed by atoms with E-state index < -0.39 is 0 Å². The summed E-state index contributed by atoms with van der Waals surface area (Å²) in [4.78, 5) is 45.2. The van der Waals surface area contributed by atoms with E-state index in [0.717, 1.165) is 81.5 Å². The molecule has 1 aromatic heterocycles. The van der Waals surface area contributed by atoms with E-state index in [1.807, 2.05) is 69.0 Å². The molecular formula is C34H43N5O4. The molecule has 2 aliphatic heterocycles. The van der Waals surface area contributed by atoms with Crippen LogP contribution in [-0.4, -0.2) is 76.6 Å². The topological polar surface area (TPSA) is 88.8 Å². The molecule has 1 N–H and O–H groups in total. The number of piperazine rings is 1. The van der Waals surface area contributed by atoms with Gasteiger partial charge in [-0.25, -0.2) is 4.79 Å². The lowest BCUT2D eigenvalue weighted by Gasteiger charge is -2.28. The van der Waals surface area contributed by atoms with E-state index in [1.54, 1.807) is 4.57 Å². The molecule has 6 rings (SSSR count). The van der Waals surface area contributed by atoms with Gasteiger partial charge in [0.25, 0.3) is 11.8 Å². The number of nitrogens with zero attached hydrogens (tertiary/aromatic N) is 4. The van der Waals surface area contributed by atoms with Crippen molar-refractivity contribution in [2.45, 2.75) is 64.0 Å². The van der Waals surface area contributed by atoms with Crippen molar-refractivity contribution in [1.82, 2.24) is 24.3 Å². The zero-order chi connectivity index (χ0) is 29.6. The summed E-state index contributed by atoms with van der Waals surface area (Å²) in [5.41, 5.74) is 2.77. The van der Waals surface area contributed by atoms with Gasteiger partial charge in [0, 0.05) is 50.9 Å². The molecule has 228 valence electrons. The van der Waals surface area contributed by atoms with Crippen molar-refractivity contribution in [2.75, 3.05) is 45.9 Å². The van der Waals surface area contributed by atoms with Gasteiger partial charge in [-0.05, 0) is 49.8 Å². The Bertz CT molecular complexity index is 1460. The van der Waals surface area contributed by atoms with Gasteiger partial charge in [0.1, 0.15) is 11.4 Å². The number of aromatic nitrogens is 2. The molecule has 0 spiro atoms. The minimum Gasteiger partial charge on any atom is -0.484 e. The van der Waals surface area contributed by atoms with Crippen LogP contribution < -0.4 is 15.7 Å². The summed E-state index contributed by atoms with van der Waals surface area (Å²) in [6.45, 7) is 4.47. The third-order valence-corrected chi connectivity index (χ3v) is 9.08. The molecule has 1 aliphatic carbocycles. The second-order valence-electron chi connectivity index (χ2n) is 12.0. The smallest absolute Gasteiger partial charge is 0.329 e. The zero-order valence-corrected chi connectivity index (χ0v) is 25.0. The minimum absolute atomic E-state index is 0.00212. The summed E-state index contributed by atoms with van der Waals surface area (Å²) in [6.07, 6.45) is 8.43. The van der Waals surface area contributed by atoms with Crippen molar-refractivity contribution >= 4 is 11.8 Å². The molecule has 1 saturated carbocycles. The molecule has 0 bridgehead atoms. The monoisotopic (exact) mass is 585 g/mol. The molecule has 0 radical (unpaired) electrons. The van der Waals surface area contributed by atoms with Crippen LogP contribution in [0.2, 0.25) is 0 Å². The van der Waals surface area contributed by atoms with E-state index >= 15 is 0 Å². The number of nitrogens with one attached hydrogen (secondary N) is 1. The van der Waals surface area contributed by atoms with Crippen LogP contribution in [0.15, 0.2) is 59.4 Å². The Kier molecular flexibility index (Phi) is 9.27. The fourth-order valence-electron chi connectivity index (χ4n) is 6.79. The molecule has 3 fully saturated rings. The molecule has 9 heteroatoms. The molecule has 2 amide bonds. The van der Waals surface area contributed by atoms with Crippen LogP contribution in [0.4, 0.5) is 0 Å². The number of ether oxygens (including phenoxy) is 1. The first-order valence-electron chi connectivity index (χ1n) is 16.0. The Hall–Kier alpha value is -3.85.